The topological polar surface area (TPSA) is 66.9 Å². The predicted octanol–water partition coefficient (Wildman–Crippen LogP) is 1.00. The first kappa shape index (κ1) is 16.8. The Morgan fingerprint density at radius 2 is 1.71 bits per heavy atom. The van der Waals surface area contributed by atoms with Crippen LogP contribution in [0.5, 0.6) is 0 Å². The molecule has 1 aromatic carbocycles. The lowest BCUT2D eigenvalue weighted by Crippen LogP contribution is -2.59. The van der Waals surface area contributed by atoms with E-state index in [0.29, 0.717) is 37.4 Å². The monoisotopic (exact) mass is 330 g/mol. The van der Waals surface area contributed by atoms with Crippen molar-refractivity contribution in [1.82, 2.24) is 9.80 Å². The maximum Gasteiger partial charge on any atom is 0.237 e. The molecule has 0 aromatic heterocycles. The molecule has 0 atom stereocenters. The summed E-state index contributed by atoms with van der Waals surface area (Å²) in [5.41, 5.74) is -0.585. The van der Waals surface area contributed by atoms with Crippen molar-refractivity contribution in [2.75, 3.05) is 39.9 Å². The van der Waals surface area contributed by atoms with Gasteiger partial charge in [-0.25, -0.2) is 0 Å². The van der Waals surface area contributed by atoms with E-state index in [1.165, 1.54) is 4.90 Å². The number of ether oxygens (including phenoxy) is 1. The van der Waals surface area contributed by atoms with Gasteiger partial charge in [0.1, 0.15) is 0 Å². The van der Waals surface area contributed by atoms with E-state index in [9.17, 15) is 14.4 Å². The molecule has 3 rings (SSSR count). The minimum Gasteiger partial charge on any atom is -0.379 e. The summed E-state index contributed by atoms with van der Waals surface area (Å²) in [5, 5.41) is 0. The number of carbonyl (C=O) groups excluding carboxylic acids is 3. The number of Topliss-reactive ketones (excluding diaryl/α,β-unsaturated/α-hetero) is 2. The molecule has 6 nitrogen and oxygen atoms in total. The standard InChI is InChI=1S/C18H22N2O4/c1-3-18(16(22)13-6-4-5-7-14(13)17(18)23)19(2)15(21)12-20-8-10-24-11-9-20/h4-7H,3,8-12H2,1-2H3. The number of amides is 1. The molecule has 0 radical (unpaired) electrons. The summed E-state index contributed by atoms with van der Waals surface area (Å²) in [4.78, 5) is 42.0. The maximum atomic E-state index is 12.9. The number of rotatable bonds is 4. The zero-order valence-corrected chi connectivity index (χ0v) is 14.1. The van der Waals surface area contributed by atoms with Crippen molar-refractivity contribution in [3.63, 3.8) is 0 Å². The van der Waals surface area contributed by atoms with E-state index in [4.69, 9.17) is 4.74 Å². The Labute approximate surface area is 141 Å². The van der Waals surface area contributed by atoms with Gasteiger partial charge in [0.25, 0.3) is 0 Å². The molecule has 0 N–H and O–H groups in total. The summed E-state index contributed by atoms with van der Waals surface area (Å²) < 4.78 is 5.28. The van der Waals surface area contributed by atoms with Gasteiger partial charge < -0.3 is 9.64 Å². The normalized spacial score (nSPS) is 20.1. The summed E-state index contributed by atoms with van der Waals surface area (Å²) in [7, 11) is 1.56. The number of hydrogen-bond acceptors (Lipinski definition) is 5. The third-order valence-electron chi connectivity index (χ3n) is 5.09. The zero-order chi connectivity index (χ0) is 17.3. The maximum absolute atomic E-state index is 12.9. The highest BCUT2D eigenvalue weighted by Gasteiger charge is 2.55. The highest BCUT2D eigenvalue weighted by Crippen LogP contribution is 2.36. The van der Waals surface area contributed by atoms with Gasteiger partial charge in [-0.15, -0.1) is 0 Å². The van der Waals surface area contributed by atoms with E-state index in [2.05, 4.69) is 0 Å². The molecular formula is C18H22N2O4. The van der Waals surface area contributed by atoms with Gasteiger partial charge in [0, 0.05) is 31.3 Å². The van der Waals surface area contributed by atoms with E-state index in [1.807, 2.05) is 4.90 Å². The van der Waals surface area contributed by atoms with Gasteiger partial charge in [-0.3, -0.25) is 19.3 Å². The quantitative estimate of drug-likeness (QED) is 0.771. The summed E-state index contributed by atoms with van der Waals surface area (Å²) in [6.07, 6.45) is 0.269. The molecule has 1 aliphatic heterocycles. The molecule has 1 heterocycles. The lowest BCUT2D eigenvalue weighted by Gasteiger charge is -2.36. The number of likely N-dealkylation sites (N-methyl/N-ethyl adjacent to an activating group) is 1. The van der Waals surface area contributed by atoms with E-state index in [-0.39, 0.29) is 30.4 Å². The summed E-state index contributed by atoms with van der Waals surface area (Å²) >= 11 is 0. The highest BCUT2D eigenvalue weighted by atomic mass is 16.5. The first-order valence-corrected chi connectivity index (χ1v) is 8.27. The average Bonchev–Trinajstić information content (AvgIpc) is 2.84. The number of nitrogens with zero attached hydrogens (tertiary/aromatic N) is 2. The molecule has 0 bridgehead atoms. The van der Waals surface area contributed by atoms with Gasteiger partial charge >= 0.3 is 0 Å². The molecule has 24 heavy (non-hydrogen) atoms. The van der Waals surface area contributed by atoms with Gasteiger partial charge in [0.2, 0.25) is 5.91 Å². The number of fused-ring (bicyclic) bond motifs is 1. The lowest BCUT2D eigenvalue weighted by atomic mass is 9.88. The van der Waals surface area contributed by atoms with Crippen LogP contribution in [0.15, 0.2) is 24.3 Å². The van der Waals surface area contributed by atoms with Crippen LogP contribution in [0.4, 0.5) is 0 Å². The largest absolute Gasteiger partial charge is 0.379 e. The highest BCUT2D eigenvalue weighted by molar-refractivity contribution is 6.33. The molecule has 1 amide bonds. The zero-order valence-electron chi connectivity index (χ0n) is 14.1. The van der Waals surface area contributed by atoms with Crippen LogP contribution in [0.1, 0.15) is 34.1 Å². The Morgan fingerprint density at radius 1 is 1.17 bits per heavy atom. The molecule has 0 spiro atoms. The molecule has 1 aliphatic carbocycles. The van der Waals surface area contributed by atoms with E-state index >= 15 is 0 Å². The van der Waals surface area contributed by atoms with Crippen LogP contribution in [-0.4, -0.2) is 72.7 Å². The van der Waals surface area contributed by atoms with E-state index < -0.39 is 5.54 Å². The van der Waals surface area contributed by atoms with Crippen LogP contribution >= 0.6 is 0 Å². The van der Waals surface area contributed by atoms with Crippen LogP contribution in [0.3, 0.4) is 0 Å². The Balaban J connectivity index is 1.86. The fraction of sp³-hybridized carbons (Fsp3) is 0.500. The molecule has 128 valence electrons. The third-order valence-corrected chi connectivity index (χ3v) is 5.09. The summed E-state index contributed by atoms with van der Waals surface area (Å²) in [6.45, 7) is 4.53. The van der Waals surface area contributed by atoms with Gasteiger partial charge in [-0.05, 0) is 6.42 Å². The number of ketones is 2. The summed E-state index contributed by atoms with van der Waals surface area (Å²) in [6, 6.07) is 6.80. The predicted molar refractivity (Wildman–Crippen MR) is 88.2 cm³/mol. The molecular weight excluding hydrogens is 308 g/mol. The molecule has 0 saturated carbocycles. The Hall–Kier alpha value is -2.05. The van der Waals surface area contributed by atoms with Crippen molar-refractivity contribution >= 4 is 17.5 Å². The molecule has 1 aromatic rings. The SMILES string of the molecule is CCC1(N(C)C(=O)CN2CCOCC2)C(=O)c2ccccc2C1=O. The van der Waals surface area contributed by atoms with Gasteiger partial charge in [0.05, 0.1) is 19.8 Å². The average molecular weight is 330 g/mol. The first-order valence-electron chi connectivity index (χ1n) is 8.27. The number of hydrogen-bond donors (Lipinski definition) is 0. The van der Waals surface area contributed by atoms with Gasteiger partial charge in [0.15, 0.2) is 17.1 Å². The fourth-order valence-electron chi connectivity index (χ4n) is 3.56. The first-order chi connectivity index (χ1) is 11.5. The van der Waals surface area contributed by atoms with Crippen molar-refractivity contribution in [1.29, 1.82) is 0 Å². The van der Waals surface area contributed by atoms with Crippen LogP contribution in [0, 0.1) is 0 Å². The van der Waals surface area contributed by atoms with Crippen LogP contribution in [0.2, 0.25) is 0 Å². The second-order valence-corrected chi connectivity index (χ2v) is 6.26. The van der Waals surface area contributed by atoms with Crippen LogP contribution in [-0.2, 0) is 9.53 Å². The molecule has 2 aliphatic rings. The molecule has 0 unspecified atom stereocenters. The lowest BCUT2D eigenvalue weighted by molar-refractivity contribution is -0.135. The summed E-state index contributed by atoms with van der Waals surface area (Å²) in [5.74, 6) is -0.764. The Morgan fingerprint density at radius 3 is 2.21 bits per heavy atom. The van der Waals surface area contributed by atoms with Crippen molar-refractivity contribution in [3.05, 3.63) is 35.4 Å². The molecule has 6 heteroatoms. The van der Waals surface area contributed by atoms with Gasteiger partial charge in [-0.1, -0.05) is 31.2 Å². The Kier molecular flexibility index (Phi) is 4.51. The Bertz CT molecular complexity index is 644. The van der Waals surface area contributed by atoms with Gasteiger partial charge in [-0.2, -0.15) is 0 Å². The van der Waals surface area contributed by atoms with Crippen LogP contribution < -0.4 is 0 Å². The fourth-order valence-corrected chi connectivity index (χ4v) is 3.56. The molecule has 1 fully saturated rings. The minimum atomic E-state index is -1.41. The third kappa shape index (κ3) is 2.46. The smallest absolute Gasteiger partial charge is 0.237 e. The van der Waals surface area contributed by atoms with Crippen molar-refractivity contribution in [2.45, 2.75) is 18.9 Å². The number of carbonyl (C=O) groups is 3. The van der Waals surface area contributed by atoms with E-state index in [0.717, 1.165) is 0 Å². The second kappa shape index (κ2) is 6.45. The van der Waals surface area contributed by atoms with E-state index in [1.54, 1.807) is 38.2 Å². The van der Waals surface area contributed by atoms with Crippen LogP contribution in [0.25, 0.3) is 0 Å². The minimum absolute atomic E-state index is 0.193. The van der Waals surface area contributed by atoms with Crippen molar-refractivity contribution in [2.24, 2.45) is 0 Å². The molecule has 1 saturated heterocycles. The van der Waals surface area contributed by atoms with Crippen molar-refractivity contribution < 1.29 is 19.1 Å². The second-order valence-electron chi connectivity index (χ2n) is 6.26. The number of benzene rings is 1. The van der Waals surface area contributed by atoms with Crippen molar-refractivity contribution in [3.8, 4) is 0 Å². The number of morpholine rings is 1.